The first-order valence-electron chi connectivity index (χ1n) is 2.94. The highest BCUT2D eigenvalue weighted by molar-refractivity contribution is 5.51. The first-order chi connectivity index (χ1) is 4.22. The van der Waals surface area contributed by atoms with Crippen LogP contribution >= 0.6 is 0 Å². The molecule has 1 aromatic carbocycles. The van der Waals surface area contributed by atoms with E-state index in [9.17, 15) is 0 Å². The summed E-state index contributed by atoms with van der Waals surface area (Å²) in [7, 11) is 0. The maximum absolute atomic E-state index is 5.66. The molecule has 1 rings (SSSR count). The molecule has 0 bridgehead atoms. The molecule has 0 saturated carbocycles. The Hall–Kier alpha value is -0.980. The summed E-state index contributed by atoms with van der Waals surface area (Å²) in [6.45, 7) is 3.97. The minimum absolute atomic E-state index is 0.883. The van der Waals surface area contributed by atoms with Gasteiger partial charge in [0, 0.05) is 5.69 Å². The molecule has 9 heavy (non-hydrogen) atoms. The molecule has 0 unspecified atom stereocenters. The molecule has 0 heterocycles. The van der Waals surface area contributed by atoms with Gasteiger partial charge < -0.3 is 5.73 Å². The number of benzene rings is 1. The van der Waals surface area contributed by atoms with Crippen LogP contribution in [-0.2, 0) is 0 Å². The van der Waals surface area contributed by atoms with Crippen molar-refractivity contribution in [3.8, 4) is 0 Å². The lowest BCUT2D eigenvalue weighted by molar-refractivity contribution is 1.38. The van der Waals surface area contributed by atoms with Gasteiger partial charge in [0.05, 0.1) is 0 Å². The van der Waals surface area contributed by atoms with Crippen molar-refractivity contribution in [1.29, 1.82) is 0 Å². The Kier molecular flexibility index (Phi) is 1.43. The van der Waals surface area contributed by atoms with Crippen LogP contribution in [0, 0.1) is 19.9 Å². The fourth-order valence-corrected chi connectivity index (χ4v) is 0.758. The Morgan fingerprint density at radius 2 is 1.67 bits per heavy atom. The highest BCUT2D eigenvalue weighted by Crippen LogP contribution is 2.13. The number of nitrogens with two attached hydrogens (primary N) is 1. The number of aryl methyl sites for hydroxylation is 2. The first kappa shape index (κ1) is 6.14. The molecule has 0 aliphatic heterocycles. The van der Waals surface area contributed by atoms with Crippen molar-refractivity contribution in [2.24, 2.45) is 0 Å². The smallest absolute Gasteiger partial charge is 0.0373 e. The maximum atomic E-state index is 5.66. The van der Waals surface area contributed by atoms with Crippen molar-refractivity contribution in [1.82, 2.24) is 0 Å². The second kappa shape index (κ2) is 2.09. The molecule has 1 radical (unpaired) electrons. The van der Waals surface area contributed by atoms with E-state index in [1.165, 1.54) is 0 Å². The number of rotatable bonds is 0. The van der Waals surface area contributed by atoms with Crippen molar-refractivity contribution >= 4 is 5.69 Å². The third-order valence-electron chi connectivity index (χ3n) is 1.45. The van der Waals surface area contributed by atoms with Gasteiger partial charge in [0.15, 0.2) is 0 Å². The van der Waals surface area contributed by atoms with Crippen LogP contribution in [0.1, 0.15) is 11.1 Å². The lowest BCUT2D eigenvalue weighted by Gasteiger charge is -2.00. The van der Waals surface area contributed by atoms with Crippen LogP contribution in [0.25, 0.3) is 0 Å². The van der Waals surface area contributed by atoms with E-state index in [-0.39, 0.29) is 0 Å². The topological polar surface area (TPSA) is 26.0 Å². The molecule has 0 aromatic heterocycles. The van der Waals surface area contributed by atoms with Crippen LogP contribution in [-0.4, -0.2) is 0 Å². The summed E-state index contributed by atoms with van der Waals surface area (Å²) in [5.41, 5.74) is 8.76. The Morgan fingerprint density at radius 1 is 1.22 bits per heavy atom. The summed E-state index contributed by atoms with van der Waals surface area (Å²) in [4.78, 5) is 0. The van der Waals surface area contributed by atoms with E-state index in [2.05, 4.69) is 6.07 Å². The molecule has 1 heteroatoms. The Bertz CT molecular complexity index is 196. The second-order valence-electron chi connectivity index (χ2n) is 2.24. The standard InChI is InChI=1S/C8H10N/c1-6-4-3-5-7(2)8(6)9/h4-5H,9H2,1-2H3. The molecule has 0 aliphatic rings. The lowest BCUT2D eigenvalue weighted by Crippen LogP contribution is -1.91. The normalized spacial score (nSPS) is 9.56. The van der Waals surface area contributed by atoms with Crippen LogP contribution < -0.4 is 5.73 Å². The van der Waals surface area contributed by atoms with Gasteiger partial charge in [0.25, 0.3) is 0 Å². The molecule has 0 saturated heterocycles. The number of hydrogen-bond donors (Lipinski definition) is 1. The molecule has 0 fully saturated rings. The molecule has 1 aromatic rings. The van der Waals surface area contributed by atoms with E-state index in [1.54, 1.807) is 0 Å². The van der Waals surface area contributed by atoms with E-state index in [1.807, 2.05) is 26.0 Å². The monoisotopic (exact) mass is 120 g/mol. The van der Waals surface area contributed by atoms with E-state index in [0.717, 1.165) is 16.8 Å². The third-order valence-corrected chi connectivity index (χ3v) is 1.45. The predicted octanol–water partition coefficient (Wildman–Crippen LogP) is 1.69. The highest BCUT2D eigenvalue weighted by atomic mass is 14.6. The largest absolute Gasteiger partial charge is 0.398 e. The van der Waals surface area contributed by atoms with Gasteiger partial charge in [-0.05, 0) is 43.2 Å². The van der Waals surface area contributed by atoms with E-state index in [0.29, 0.717) is 0 Å². The zero-order valence-corrected chi connectivity index (χ0v) is 5.73. The minimum Gasteiger partial charge on any atom is -0.398 e. The number of nitrogen functional groups attached to an aromatic ring is 1. The van der Waals surface area contributed by atoms with Gasteiger partial charge in [-0.15, -0.1) is 0 Å². The summed E-state index contributed by atoms with van der Waals surface area (Å²) in [6, 6.07) is 6.77. The molecule has 47 valence electrons. The molecule has 2 N–H and O–H groups in total. The van der Waals surface area contributed by atoms with E-state index in [4.69, 9.17) is 5.73 Å². The zero-order chi connectivity index (χ0) is 6.85. The van der Waals surface area contributed by atoms with Crippen LogP contribution in [0.3, 0.4) is 0 Å². The van der Waals surface area contributed by atoms with Crippen molar-refractivity contribution in [3.63, 3.8) is 0 Å². The molecule has 0 spiro atoms. The van der Waals surface area contributed by atoms with Gasteiger partial charge in [-0.3, -0.25) is 0 Å². The molecular formula is C8H10N. The summed E-state index contributed by atoms with van der Waals surface area (Å²) >= 11 is 0. The van der Waals surface area contributed by atoms with E-state index >= 15 is 0 Å². The summed E-state index contributed by atoms with van der Waals surface area (Å²) in [5.74, 6) is 0. The summed E-state index contributed by atoms with van der Waals surface area (Å²) in [5, 5.41) is 0. The predicted molar refractivity (Wildman–Crippen MR) is 39.2 cm³/mol. The molecule has 0 aliphatic carbocycles. The first-order valence-corrected chi connectivity index (χ1v) is 2.94. The Labute approximate surface area is 55.5 Å². The third kappa shape index (κ3) is 1.04. The Morgan fingerprint density at radius 3 is 2.00 bits per heavy atom. The van der Waals surface area contributed by atoms with Crippen LogP contribution in [0.5, 0.6) is 0 Å². The van der Waals surface area contributed by atoms with Gasteiger partial charge in [0.1, 0.15) is 0 Å². The average Bonchev–Trinajstić information content (AvgIpc) is 1.83. The van der Waals surface area contributed by atoms with Crippen molar-refractivity contribution in [3.05, 3.63) is 29.3 Å². The highest BCUT2D eigenvalue weighted by Gasteiger charge is 1.93. The van der Waals surface area contributed by atoms with Crippen molar-refractivity contribution in [2.75, 3.05) is 5.73 Å². The molecule has 1 nitrogen and oxygen atoms in total. The SMILES string of the molecule is Cc1c[c]cc(C)c1N. The lowest BCUT2D eigenvalue weighted by atomic mass is 10.1. The van der Waals surface area contributed by atoms with Gasteiger partial charge in [-0.25, -0.2) is 0 Å². The van der Waals surface area contributed by atoms with Crippen LogP contribution in [0.15, 0.2) is 12.1 Å². The van der Waals surface area contributed by atoms with Gasteiger partial charge in [-0.1, -0.05) is 0 Å². The van der Waals surface area contributed by atoms with Crippen molar-refractivity contribution in [2.45, 2.75) is 13.8 Å². The minimum atomic E-state index is 0.883. The van der Waals surface area contributed by atoms with Crippen LogP contribution in [0.4, 0.5) is 5.69 Å². The van der Waals surface area contributed by atoms with E-state index < -0.39 is 0 Å². The second-order valence-corrected chi connectivity index (χ2v) is 2.24. The Balaban J connectivity index is 3.25. The average molecular weight is 120 g/mol. The summed E-state index contributed by atoms with van der Waals surface area (Å²) < 4.78 is 0. The number of hydrogen-bond acceptors (Lipinski definition) is 1. The fourth-order valence-electron chi connectivity index (χ4n) is 0.758. The molecular weight excluding hydrogens is 110 g/mol. The maximum Gasteiger partial charge on any atom is 0.0373 e. The summed E-state index contributed by atoms with van der Waals surface area (Å²) in [6.07, 6.45) is 0. The zero-order valence-electron chi connectivity index (χ0n) is 5.73. The van der Waals surface area contributed by atoms with Gasteiger partial charge in [-0.2, -0.15) is 0 Å². The van der Waals surface area contributed by atoms with Gasteiger partial charge in [0.2, 0.25) is 0 Å². The fraction of sp³-hybridized carbons (Fsp3) is 0.250. The van der Waals surface area contributed by atoms with Crippen LogP contribution in [0.2, 0.25) is 0 Å². The quantitative estimate of drug-likeness (QED) is 0.518. The van der Waals surface area contributed by atoms with Crippen molar-refractivity contribution < 1.29 is 0 Å². The molecule has 0 amide bonds. The molecule has 0 atom stereocenters. The van der Waals surface area contributed by atoms with Gasteiger partial charge >= 0.3 is 0 Å². The number of anilines is 1.